The normalized spacial score (nSPS) is 12.1. The molecule has 12 heteroatoms. The van der Waals surface area contributed by atoms with Crippen molar-refractivity contribution in [3.05, 3.63) is 92.5 Å². The molecule has 10 nitrogen and oxygen atoms in total. The van der Waals surface area contributed by atoms with Gasteiger partial charge in [-0.2, -0.15) is 5.10 Å². The largest absolute Gasteiger partial charge is 0.495 e. The lowest BCUT2D eigenvalue weighted by Gasteiger charge is -2.25. The molecule has 40 heavy (non-hydrogen) atoms. The van der Waals surface area contributed by atoms with Crippen molar-refractivity contribution < 1.29 is 22.9 Å². The number of hydrogen-bond acceptors (Lipinski definition) is 7. The van der Waals surface area contributed by atoms with E-state index in [0.717, 1.165) is 21.5 Å². The van der Waals surface area contributed by atoms with E-state index in [1.165, 1.54) is 44.4 Å². The van der Waals surface area contributed by atoms with E-state index in [1.807, 2.05) is 24.3 Å². The van der Waals surface area contributed by atoms with E-state index in [9.17, 15) is 23.3 Å². The zero-order valence-electron chi connectivity index (χ0n) is 23.1. The number of aryl methyl sites for hydroxylation is 1. The van der Waals surface area contributed by atoms with Crippen molar-refractivity contribution in [3.8, 4) is 5.75 Å². The lowest BCUT2D eigenvalue weighted by Crippen LogP contribution is -2.40. The number of carbonyl (C=O) groups is 1. The van der Waals surface area contributed by atoms with Crippen LogP contribution in [0.5, 0.6) is 5.75 Å². The molecule has 1 amide bonds. The molecule has 0 aliphatic heterocycles. The highest BCUT2D eigenvalue weighted by Gasteiger charge is 2.31. The second-order valence-electron chi connectivity index (χ2n) is 10.1. The van der Waals surface area contributed by atoms with Gasteiger partial charge in [-0.05, 0) is 54.7 Å². The minimum atomic E-state index is -4.50. The molecule has 0 aliphatic carbocycles. The number of amides is 1. The maximum atomic E-state index is 13.8. The molecule has 0 atom stereocenters. The average molecular weight is 587 g/mol. The highest BCUT2D eigenvalue weighted by atomic mass is 35.5. The summed E-state index contributed by atoms with van der Waals surface area (Å²) < 4.78 is 33.7. The number of halogens is 1. The van der Waals surface area contributed by atoms with E-state index in [2.05, 4.69) is 31.3 Å². The standard InChI is InChI=1S/C28H31ClN4O6S/c1-18-7-13-23(16-24(18)33(35)36)40(37,38)32(25-15-22(29)12-14-26(25)39-6)17-27(34)31-30-19(2)20-8-10-21(11-9-20)28(3,4)5/h7-16H,17H2,1-6H3,(H,31,34)/b30-19-. The third kappa shape index (κ3) is 6.97. The molecule has 0 aliphatic rings. The highest BCUT2D eigenvalue weighted by Crippen LogP contribution is 2.35. The number of rotatable bonds is 9. The van der Waals surface area contributed by atoms with Crippen LogP contribution in [0.15, 0.2) is 70.7 Å². The second kappa shape index (κ2) is 12.1. The van der Waals surface area contributed by atoms with Gasteiger partial charge in [0, 0.05) is 16.7 Å². The van der Waals surface area contributed by atoms with Crippen LogP contribution in [0.1, 0.15) is 44.4 Å². The number of methoxy groups -OCH3 is 1. The van der Waals surface area contributed by atoms with Gasteiger partial charge >= 0.3 is 0 Å². The zero-order chi connectivity index (χ0) is 29.8. The van der Waals surface area contributed by atoms with Crippen molar-refractivity contribution in [1.29, 1.82) is 0 Å². The molecule has 0 fully saturated rings. The van der Waals surface area contributed by atoms with E-state index in [-0.39, 0.29) is 38.0 Å². The van der Waals surface area contributed by atoms with Crippen LogP contribution in [0.2, 0.25) is 5.02 Å². The van der Waals surface area contributed by atoms with Crippen LogP contribution in [0.3, 0.4) is 0 Å². The van der Waals surface area contributed by atoms with Crippen LogP contribution in [0.25, 0.3) is 0 Å². The highest BCUT2D eigenvalue weighted by molar-refractivity contribution is 7.92. The van der Waals surface area contributed by atoms with Gasteiger partial charge in [-0.25, -0.2) is 13.8 Å². The first-order valence-electron chi connectivity index (χ1n) is 12.2. The van der Waals surface area contributed by atoms with Crippen molar-refractivity contribution in [1.82, 2.24) is 5.43 Å². The van der Waals surface area contributed by atoms with Crippen LogP contribution in [0, 0.1) is 17.0 Å². The average Bonchev–Trinajstić information content (AvgIpc) is 2.89. The van der Waals surface area contributed by atoms with Gasteiger partial charge in [0.25, 0.3) is 21.6 Å². The summed E-state index contributed by atoms with van der Waals surface area (Å²) in [6.07, 6.45) is 0. The Morgan fingerprint density at radius 3 is 2.33 bits per heavy atom. The lowest BCUT2D eigenvalue weighted by atomic mass is 9.86. The fourth-order valence-electron chi connectivity index (χ4n) is 3.82. The molecule has 0 spiro atoms. The maximum Gasteiger partial charge on any atom is 0.273 e. The van der Waals surface area contributed by atoms with Crippen molar-refractivity contribution in [2.24, 2.45) is 5.10 Å². The van der Waals surface area contributed by atoms with Crippen LogP contribution >= 0.6 is 11.6 Å². The molecule has 0 heterocycles. The molecule has 212 valence electrons. The predicted octanol–water partition coefficient (Wildman–Crippen LogP) is 5.60. The summed E-state index contributed by atoms with van der Waals surface area (Å²) in [6, 6.07) is 15.6. The van der Waals surface area contributed by atoms with E-state index < -0.39 is 27.4 Å². The number of benzene rings is 3. The first-order chi connectivity index (χ1) is 18.6. The van der Waals surface area contributed by atoms with Crippen LogP contribution < -0.4 is 14.5 Å². The molecule has 0 aromatic heterocycles. The fraction of sp³-hybridized carbons (Fsp3) is 0.286. The summed E-state index contributed by atoms with van der Waals surface area (Å²) >= 11 is 6.16. The molecule has 0 unspecified atom stereocenters. The summed E-state index contributed by atoms with van der Waals surface area (Å²) in [4.78, 5) is 23.5. The smallest absolute Gasteiger partial charge is 0.273 e. The van der Waals surface area contributed by atoms with E-state index in [4.69, 9.17) is 16.3 Å². The van der Waals surface area contributed by atoms with E-state index in [1.54, 1.807) is 6.92 Å². The Morgan fingerprint density at radius 2 is 1.75 bits per heavy atom. The number of ether oxygens (including phenoxy) is 1. The SMILES string of the molecule is COc1ccc(Cl)cc1N(CC(=O)N/N=C(/C)c1ccc(C(C)(C)C)cc1)S(=O)(=O)c1ccc(C)c([N+](=O)[O-])c1. The topological polar surface area (TPSA) is 131 Å². The van der Waals surface area contributed by atoms with Gasteiger partial charge in [-0.3, -0.25) is 19.2 Å². The molecular weight excluding hydrogens is 556 g/mol. The van der Waals surface area contributed by atoms with Gasteiger partial charge in [0.1, 0.15) is 12.3 Å². The number of nitro groups is 1. The van der Waals surface area contributed by atoms with Gasteiger partial charge in [-0.15, -0.1) is 0 Å². The van der Waals surface area contributed by atoms with E-state index >= 15 is 0 Å². The number of hydrogen-bond donors (Lipinski definition) is 1. The van der Waals surface area contributed by atoms with Crippen LogP contribution in [-0.2, 0) is 20.2 Å². The molecule has 0 radical (unpaired) electrons. The number of anilines is 1. The third-order valence-electron chi connectivity index (χ3n) is 6.18. The lowest BCUT2D eigenvalue weighted by molar-refractivity contribution is -0.385. The second-order valence-corrected chi connectivity index (χ2v) is 12.4. The van der Waals surface area contributed by atoms with Crippen molar-refractivity contribution in [2.75, 3.05) is 18.0 Å². The van der Waals surface area contributed by atoms with Crippen LogP contribution in [-0.4, -0.2) is 38.6 Å². The molecular formula is C28H31ClN4O6S. The fourth-order valence-corrected chi connectivity index (χ4v) is 5.43. The Morgan fingerprint density at radius 1 is 1.10 bits per heavy atom. The quantitative estimate of drug-likeness (QED) is 0.197. The van der Waals surface area contributed by atoms with Gasteiger partial charge < -0.3 is 4.74 Å². The Labute approximate surface area is 238 Å². The van der Waals surface area contributed by atoms with Crippen LogP contribution in [0.4, 0.5) is 11.4 Å². The molecule has 0 saturated carbocycles. The van der Waals surface area contributed by atoms with Crippen molar-refractivity contribution in [3.63, 3.8) is 0 Å². The monoisotopic (exact) mass is 586 g/mol. The maximum absolute atomic E-state index is 13.8. The molecule has 0 bridgehead atoms. The first kappa shape index (κ1) is 30.6. The van der Waals surface area contributed by atoms with Gasteiger partial charge in [0.05, 0.1) is 28.3 Å². The van der Waals surface area contributed by atoms with Gasteiger partial charge in [0.2, 0.25) is 0 Å². The number of nitrogens with one attached hydrogen (secondary N) is 1. The molecule has 1 N–H and O–H groups in total. The van der Waals surface area contributed by atoms with Gasteiger partial charge in [0.15, 0.2) is 0 Å². The number of carbonyl (C=O) groups excluding carboxylic acids is 1. The Kier molecular flexibility index (Phi) is 9.21. The Hall–Kier alpha value is -3.96. The third-order valence-corrected chi connectivity index (χ3v) is 8.17. The molecule has 0 saturated heterocycles. The number of nitrogens with zero attached hydrogens (tertiary/aromatic N) is 3. The zero-order valence-corrected chi connectivity index (χ0v) is 24.6. The number of nitro benzene ring substituents is 1. The van der Waals surface area contributed by atoms with Crippen molar-refractivity contribution in [2.45, 2.75) is 44.9 Å². The minimum Gasteiger partial charge on any atom is -0.495 e. The van der Waals surface area contributed by atoms with Gasteiger partial charge in [-0.1, -0.05) is 62.7 Å². The Balaban J connectivity index is 1.98. The van der Waals surface area contributed by atoms with Crippen molar-refractivity contribution >= 4 is 44.6 Å². The molecule has 3 rings (SSSR count). The summed E-state index contributed by atoms with van der Waals surface area (Å²) in [7, 11) is -3.16. The first-order valence-corrected chi connectivity index (χ1v) is 14.0. The summed E-state index contributed by atoms with van der Waals surface area (Å²) in [5.41, 5.74) is 4.70. The number of hydrazone groups is 1. The minimum absolute atomic E-state index is 0.0214. The summed E-state index contributed by atoms with van der Waals surface area (Å²) in [5.74, 6) is -0.626. The van der Waals surface area contributed by atoms with E-state index in [0.29, 0.717) is 5.71 Å². The molecule has 3 aromatic rings. The summed E-state index contributed by atoms with van der Waals surface area (Å²) in [6.45, 7) is 8.82. The number of sulfonamides is 1. The predicted molar refractivity (Wildman–Crippen MR) is 156 cm³/mol. The molecule has 3 aromatic carbocycles. The Bertz CT molecular complexity index is 1560. The summed E-state index contributed by atoms with van der Waals surface area (Å²) in [5, 5.41) is 15.8.